The molecule has 3 nitrogen and oxygen atoms in total. The number of carbonyl (C=O) groups excluding carboxylic acids is 1. The lowest BCUT2D eigenvalue weighted by Crippen LogP contribution is -2.33. The molecule has 1 unspecified atom stereocenters. The van der Waals surface area contributed by atoms with Crippen LogP contribution in [0.2, 0.25) is 0 Å². The molecule has 0 saturated carbocycles. The minimum atomic E-state index is -0.307. The van der Waals surface area contributed by atoms with E-state index in [-0.39, 0.29) is 17.6 Å². The zero-order valence-electron chi connectivity index (χ0n) is 9.88. The summed E-state index contributed by atoms with van der Waals surface area (Å²) >= 11 is 0. The molecule has 0 aliphatic carbocycles. The maximum absolute atomic E-state index is 13.0. The Kier molecular flexibility index (Phi) is 3.24. The van der Waals surface area contributed by atoms with Crippen LogP contribution in [0.1, 0.15) is 24.2 Å². The van der Waals surface area contributed by atoms with Crippen LogP contribution >= 0.6 is 0 Å². The van der Waals surface area contributed by atoms with Gasteiger partial charge in [-0.3, -0.25) is 4.79 Å². The number of benzene rings is 1. The van der Waals surface area contributed by atoms with Crippen molar-refractivity contribution in [1.29, 1.82) is 0 Å². The lowest BCUT2D eigenvalue weighted by atomic mass is 10.0. The Labute approximate surface area is 99.0 Å². The number of Topliss-reactive ketones (excluding diaryl/α,β-unsaturated/α-hetero) is 1. The molecule has 0 radical (unpaired) electrons. The molecule has 0 saturated heterocycles. The van der Waals surface area contributed by atoms with Gasteiger partial charge in [0, 0.05) is 22.7 Å². The number of halogens is 1. The molecule has 0 aliphatic rings. The summed E-state index contributed by atoms with van der Waals surface area (Å²) in [5.41, 5.74) is 1.26. The van der Waals surface area contributed by atoms with Gasteiger partial charge >= 0.3 is 0 Å². The topological polar surface area (TPSA) is 44.9 Å². The second-order valence-corrected chi connectivity index (χ2v) is 4.04. The molecule has 2 aromatic rings. The number of hydrogen-bond donors (Lipinski definition) is 2. The second-order valence-electron chi connectivity index (χ2n) is 4.04. The molecule has 90 valence electrons. The molecule has 1 aromatic carbocycles. The maximum Gasteiger partial charge on any atom is 0.181 e. The average Bonchev–Trinajstić information content (AvgIpc) is 2.71. The number of H-pyrrole nitrogens is 1. The van der Waals surface area contributed by atoms with E-state index in [2.05, 4.69) is 10.3 Å². The predicted molar refractivity (Wildman–Crippen MR) is 65.7 cm³/mol. The number of fused-ring (bicyclic) bond motifs is 1. The van der Waals surface area contributed by atoms with Crippen molar-refractivity contribution in [3.63, 3.8) is 0 Å². The van der Waals surface area contributed by atoms with Crippen LogP contribution in [0.5, 0.6) is 0 Å². The molecule has 2 rings (SSSR count). The third-order valence-corrected chi connectivity index (χ3v) is 2.81. The van der Waals surface area contributed by atoms with Crippen LogP contribution in [0.25, 0.3) is 10.9 Å². The van der Waals surface area contributed by atoms with Gasteiger partial charge in [-0.05, 0) is 31.7 Å². The van der Waals surface area contributed by atoms with Crippen molar-refractivity contribution in [2.24, 2.45) is 0 Å². The van der Waals surface area contributed by atoms with Gasteiger partial charge in [0.15, 0.2) is 5.78 Å². The lowest BCUT2D eigenvalue weighted by Gasteiger charge is -2.09. The van der Waals surface area contributed by atoms with E-state index in [1.54, 1.807) is 12.3 Å². The van der Waals surface area contributed by atoms with Gasteiger partial charge in [0.1, 0.15) is 5.82 Å². The normalized spacial score (nSPS) is 12.9. The lowest BCUT2D eigenvalue weighted by molar-refractivity contribution is 0.0953. The molecule has 1 aromatic heterocycles. The minimum Gasteiger partial charge on any atom is -0.360 e. The van der Waals surface area contributed by atoms with E-state index in [9.17, 15) is 9.18 Å². The number of aromatic amines is 1. The third-order valence-electron chi connectivity index (χ3n) is 2.81. The quantitative estimate of drug-likeness (QED) is 0.798. The summed E-state index contributed by atoms with van der Waals surface area (Å²) in [5, 5.41) is 3.84. The van der Waals surface area contributed by atoms with Gasteiger partial charge in [0.25, 0.3) is 0 Å². The molecular formula is C13H15FN2O. The molecular weight excluding hydrogens is 219 g/mol. The SMILES string of the molecule is CCNC(C)C(=O)c1c[nH]c2cc(F)ccc12. The summed E-state index contributed by atoms with van der Waals surface area (Å²) in [5.74, 6) is -0.289. The summed E-state index contributed by atoms with van der Waals surface area (Å²) < 4.78 is 13.0. The highest BCUT2D eigenvalue weighted by Crippen LogP contribution is 2.20. The second kappa shape index (κ2) is 4.67. The van der Waals surface area contributed by atoms with Gasteiger partial charge in [-0.2, -0.15) is 0 Å². The molecule has 0 amide bonds. The fraction of sp³-hybridized carbons (Fsp3) is 0.308. The Morgan fingerprint density at radius 1 is 1.53 bits per heavy atom. The fourth-order valence-electron chi connectivity index (χ4n) is 1.93. The standard InChI is InChI=1S/C13H15FN2O/c1-3-15-8(2)13(17)11-7-16-12-6-9(14)4-5-10(11)12/h4-8,15-16H,3H2,1-2H3. The Hall–Kier alpha value is -1.68. The van der Waals surface area contributed by atoms with Crippen molar-refractivity contribution in [3.8, 4) is 0 Å². The summed E-state index contributed by atoms with van der Waals surface area (Å²) in [6.07, 6.45) is 1.64. The van der Waals surface area contributed by atoms with Crippen LogP contribution < -0.4 is 5.32 Å². The number of likely N-dealkylation sites (N-methyl/N-ethyl adjacent to an activating group) is 1. The van der Waals surface area contributed by atoms with E-state index < -0.39 is 0 Å². The predicted octanol–water partition coefficient (Wildman–Crippen LogP) is 2.49. The maximum atomic E-state index is 13.0. The molecule has 0 bridgehead atoms. The summed E-state index contributed by atoms with van der Waals surface area (Å²) in [4.78, 5) is 15.0. The van der Waals surface area contributed by atoms with E-state index in [1.807, 2.05) is 13.8 Å². The average molecular weight is 234 g/mol. The third kappa shape index (κ3) is 2.22. The summed E-state index contributed by atoms with van der Waals surface area (Å²) in [7, 11) is 0. The Morgan fingerprint density at radius 3 is 3.00 bits per heavy atom. The first-order chi connectivity index (χ1) is 8.13. The highest BCUT2D eigenvalue weighted by atomic mass is 19.1. The van der Waals surface area contributed by atoms with Gasteiger partial charge in [-0.15, -0.1) is 0 Å². The van der Waals surface area contributed by atoms with Crippen LogP contribution in [0, 0.1) is 5.82 Å². The van der Waals surface area contributed by atoms with Crippen molar-refractivity contribution in [2.75, 3.05) is 6.54 Å². The van der Waals surface area contributed by atoms with Crippen molar-refractivity contribution in [1.82, 2.24) is 10.3 Å². The zero-order chi connectivity index (χ0) is 12.4. The van der Waals surface area contributed by atoms with Crippen LogP contribution in [0.3, 0.4) is 0 Å². The van der Waals surface area contributed by atoms with Crippen molar-refractivity contribution in [2.45, 2.75) is 19.9 Å². The van der Waals surface area contributed by atoms with E-state index >= 15 is 0 Å². The minimum absolute atomic E-state index is 0.0182. The van der Waals surface area contributed by atoms with E-state index in [1.165, 1.54) is 12.1 Å². The first-order valence-corrected chi connectivity index (χ1v) is 5.67. The van der Waals surface area contributed by atoms with E-state index in [0.717, 1.165) is 11.9 Å². The molecule has 1 heterocycles. The van der Waals surface area contributed by atoms with Gasteiger partial charge in [-0.25, -0.2) is 4.39 Å². The molecule has 0 spiro atoms. The molecule has 0 aliphatic heterocycles. The van der Waals surface area contributed by atoms with Crippen LogP contribution in [0.4, 0.5) is 4.39 Å². The Morgan fingerprint density at radius 2 is 2.29 bits per heavy atom. The summed E-state index contributed by atoms with van der Waals surface area (Å²) in [6, 6.07) is 4.16. The number of hydrogen-bond acceptors (Lipinski definition) is 2. The highest BCUT2D eigenvalue weighted by Gasteiger charge is 2.17. The van der Waals surface area contributed by atoms with Crippen LogP contribution in [0.15, 0.2) is 24.4 Å². The van der Waals surface area contributed by atoms with Crippen LogP contribution in [-0.2, 0) is 0 Å². The van der Waals surface area contributed by atoms with Gasteiger partial charge in [0.05, 0.1) is 6.04 Å². The van der Waals surface area contributed by atoms with E-state index in [0.29, 0.717) is 11.1 Å². The van der Waals surface area contributed by atoms with Crippen molar-refractivity contribution >= 4 is 16.7 Å². The highest BCUT2D eigenvalue weighted by molar-refractivity contribution is 6.10. The molecule has 0 fully saturated rings. The van der Waals surface area contributed by atoms with E-state index in [4.69, 9.17) is 0 Å². The number of carbonyl (C=O) groups is 1. The number of rotatable bonds is 4. The fourth-order valence-corrected chi connectivity index (χ4v) is 1.93. The van der Waals surface area contributed by atoms with Gasteiger partial charge in [-0.1, -0.05) is 6.92 Å². The smallest absolute Gasteiger partial charge is 0.181 e. The largest absolute Gasteiger partial charge is 0.360 e. The van der Waals surface area contributed by atoms with Crippen molar-refractivity contribution < 1.29 is 9.18 Å². The molecule has 4 heteroatoms. The van der Waals surface area contributed by atoms with Gasteiger partial charge in [0.2, 0.25) is 0 Å². The van der Waals surface area contributed by atoms with Crippen molar-refractivity contribution in [3.05, 3.63) is 35.8 Å². The zero-order valence-corrected chi connectivity index (χ0v) is 9.88. The molecule has 17 heavy (non-hydrogen) atoms. The first-order valence-electron chi connectivity index (χ1n) is 5.67. The monoisotopic (exact) mass is 234 g/mol. The van der Waals surface area contributed by atoms with Crippen LogP contribution in [-0.4, -0.2) is 23.4 Å². The van der Waals surface area contributed by atoms with Gasteiger partial charge < -0.3 is 10.3 Å². The molecule has 1 atom stereocenters. The summed E-state index contributed by atoms with van der Waals surface area (Å²) in [6.45, 7) is 4.52. The number of ketones is 1. The first kappa shape index (κ1) is 11.8. The Balaban J connectivity index is 2.39. The number of aromatic nitrogens is 1. The molecule has 2 N–H and O–H groups in total. The number of nitrogens with one attached hydrogen (secondary N) is 2. The Bertz CT molecular complexity index is 547.